The summed E-state index contributed by atoms with van der Waals surface area (Å²) < 4.78 is 14.3. The Hall–Kier alpha value is -1.84. The molecular formula is C14H17FN2O. The van der Waals surface area contributed by atoms with Gasteiger partial charge in [0, 0.05) is 17.2 Å². The van der Waals surface area contributed by atoms with E-state index in [-0.39, 0.29) is 16.8 Å². The molecule has 0 aliphatic heterocycles. The highest BCUT2D eigenvalue weighted by atomic mass is 19.1. The highest BCUT2D eigenvalue weighted by Gasteiger charge is 2.17. The van der Waals surface area contributed by atoms with E-state index in [1.54, 1.807) is 18.2 Å². The van der Waals surface area contributed by atoms with Gasteiger partial charge >= 0.3 is 0 Å². The minimum atomic E-state index is -0.270. The first-order valence-corrected chi connectivity index (χ1v) is 5.91. The van der Waals surface area contributed by atoms with Gasteiger partial charge in [0.05, 0.1) is 6.54 Å². The van der Waals surface area contributed by atoms with Crippen LogP contribution in [0.1, 0.15) is 32.0 Å². The number of nitrogens with one attached hydrogen (secondary N) is 1. The van der Waals surface area contributed by atoms with Crippen molar-refractivity contribution in [2.24, 2.45) is 0 Å². The van der Waals surface area contributed by atoms with E-state index >= 15 is 0 Å². The molecule has 18 heavy (non-hydrogen) atoms. The van der Waals surface area contributed by atoms with Crippen LogP contribution in [-0.2, 0) is 12.0 Å². The van der Waals surface area contributed by atoms with Crippen molar-refractivity contribution < 1.29 is 4.39 Å². The van der Waals surface area contributed by atoms with E-state index in [2.05, 4.69) is 5.10 Å². The molecule has 2 rings (SSSR count). The summed E-state index contributed by atoms with van der Waals surface area (Å²) in [5.74, 6) is -0.270. The van der Waals surface area contributed by atoms with Crippen molar-refractivity contribution in [1.82, 2.24) is 9.78 Å². The Bertz CT molecular complexity index is 587. The zero-order valence-corrected chi connectivity index (χ0v) is 10.8. The Morgan fingerprint density at radius 3 is 2.33 bits per heavy atom. The molecule has 0 saturated carbocycles. The normalized spacial score (nSPS) is 11.8. The summed E-state index contributed by atoms with van der Waals surface area (Å²) in [4.78, 5) is 11.8. The molecule has 96 valence electrons. The highest BCUT2D eigenvalue weighted by molar-refractivity contribution is 5.17. The van der Waals surface area contributed by atoms with E-state index < -0.39 is 0 Å². The summed E-state index contributed by atoms with van der Waals surface area (Å²) in [7, 11) is 0. The van der Waals surface area contributed by atoms with Gasteiger partial charge in [0.2, 0.25) is 0 Å². The van der Waals surface area contributed by atoms with Gasteiger partial charge in [-0.05, 0) is 17.7 Å². The summed E-state index contributed by atoms with van der Waals surface area (Å²) in [5.41, 5.74) is 1.63. The van der Waals surface area contributed by atoms with E-state index in [1.165, 1.54) is 16.8 Å². The topological polar surface area (TPSA) is 37.8 Å². The fraction of sp³-hybridized carbons (Fsp3) is 0.357. The first kappa shape index (κ1) is 12.6. The first-order valence-electron chi connectivity index (χ1n) is 5.91. The SMILES string of the molecule is CC(C)(C)c1cc(=O)n(Cc2ccc(F)cc2)[nH]1. The minimum absolute atomic E-state index is 0.0655. The molecule has 4 heteroatoms. The summed E-state index contributed by atoms with van der Waals surface area (Å²) >= 11 is 0. The lowest BCUT2D eigenvalue weighted by molar-refractivity contribution is 0.542. The Labute approximate surface area is 105 Å². The van der Waals surface area contributed by atoms with Crippen LogP contribution in [0.3, 0.4) is 0 Å². The van der Waals surface area contributed by atoms with Gasteiger partial charge in [-0.3, -0.25) is 9.89 Å². The molecule has 0 spiro atoms. The van der Waals surface area contributed by atoms with Gasteiger partial charge in [-0.2, -0.15) is 0 Å². The maximum atomic E-state index is 12.8. The Kier molecular flexibility index (Phi) is 3.11. The average Bonchev–Trinajstić information content (AvgIpc) is 2.63. The molecular weight excluding hydrogens is 231 g/mol. The molecule has 1 aromatic carbocycles. The molecule has 1 heterocycles. The monoisotopic (exact) mass is 248 g/mol. The van der Waals surface area contributed by atoms with E-state index in [9.17, 15) is 9.18 Å². The molecule has 1 aromatic heterocycles. The number of rotatable bonds is 2. The second kappa shape index (κ2) is 4.44. The fourth-order valence-corrected chi connectivity index (χ4v) is 1.71. The molecule has 0 unspecified atom stereocenters. The number of nitrogens with zero attached hydrogens (tertiary/aromatic N) is 1. The Morgan fingerprint density at radius 2 is 1.83 bits per heavy atom. The number of hydrogen-bond donors (Lipinski definition) is 1. The van der Waals surface area contributed by atoms with Crippen molar-refractivity contribution in [3.63, 3.8) is 0 Å². The Balaban J connectivity index is 2.27. The second-order valence-electron chi connectivity index (χ2n) is 5.47. The van der Waals surface area contributed by atoms with Gasteiger partial charge in [-0.1, -0.05) is 32.9 Å². The largest absolute Gasteiger partial charge is 0.299 e. The molecule has 2 aromatic rings. The van der Waals surface area contributed by atoms with Crippen molar-refractivity contribution in [1.29, 1.82) is 0 Å². The third-order valence-electron chi connectivity index (χ3n) is 2.85. The van der Waals surface area contributed by atoms with Crippen molar-refractivity contribution in [3.8, 4) is 0 Å². The quantitative estimate of drug-likeness (QED) is 0.871. The molecule has 0 saturated heterocycles. The van der Waals surface area contributed by atoms with Gasteiger partial charge in [0.1, 0.15) is 5.82 Å². The lowest BCUT2D eigenvalue weighted by atomic mass is 9.93. The first-order chi connectivity index (χ1) is 8.36. The molecule has 3 nitrogen and oxygen atoms in total. The molecule has 0 atom stereocenters. The van der Waals surface area contributed by atoms with Crippen LogP contribution in [0.25, 0.3) is 0 Å². The fourth-order valence-electron chi connectivity index (χ4n) is 1.71. The third kappa shape index (κ3) is 2.70. The number of aromatic amines is 1. The van der Waals surface area contributed by atoms with Gasteiger partial charge < -0.3 is 0 Å². The summed E-state index contributed by atoms with van der Waals surface area (Å²) in [5, 5.41) is 3.09. The summed E-state index contributed by atoms with van der Waals surface area (Å²) in [6.07, 6.45) is 0. The van der Waals surface area contributed by atoms with Crippen LogP contribution in [0, 0.1) is 5.82 Å². The van der Waals surface area contributed by atoms with Crippen molar-refractivity contribution in [2.75, 3.05) is 0 Å². The van der Waals surface area contributed by atoms with Gasteiger partial charge in [0.25, 0.3) is 5.56 Å². The van der Waals surface area contributed by atoms with E-state index in [4.69, 9.17) is 0 Å². The predicted molar refractivity (Wildman–Crippen MR) is 69.3 cm³/mol. The van der Waals surface area contributed by atoms with Crippen LogP contribution in [0.2, 0.25) is 0 Å². The maximum Gasteiger partial charge on any atom is 0.267 e. The molecule has 0 amide bonds. The Morgan fingerprint density at radius 1 is 1.22 bits per heavy atom. The van der Waals surface area contributed by atoms with Gasteiger partial charge in [-0.25, -0.2) is 9.07 Å². The zero-order valence-electron chi connectivity index (χ0n) is 10.8. The van der Waals surface area contributed by atoms with Crippen molar-refractivity contribution >= 4 is 0 Å². The van der Waals surface area contributed by atoms with Crippen molar-refractivity contribution in [2.45, 2.75) is 32.7 Å². The second-order valence-corrected chi connectivity index (χ2v) is 5.47. The van der Waals surface area contributed by atoms with Crippen molar-refractivity contribution in [3.05, 3.63) is 57.8 Å². The van der Waals surface area contributed by atoms with Crippen LogP contribution in [-0.4, -0.2) is 9.78 Å². The molecule has 0 radical (unpaired) electrons. The molecule has 0 fully saturated rings. The van der Waals surface area contributed by atoms with Crippen LogP contribution >= 0.6 is 0 Å². The average molecular weight is 248 g/mol. The van der Waals surface area contributed by atoms with E-state index in [0.29, 0.717) is 6.54 Å². The predicted octanol–water partition coefficient (Wildman–Crippen LogP) is 2.66. The van der Waals surface area contributed by atoms with Crippen LogP contribution in [0.5, 0.6) is 0 Å². The number of H-pyrrole nitrogens is 1. The molecule has 0 aliphatic carbocycles. The van der Waals surface area contributed by atoms with Gasteiger partial charge in [-0.15, -0.1) is 0 Å². The third-order valence-corrected chi connectivity index (χ3v) is 2.85. The van der Waals surface area contributed by atoms with Gasteiger partial charge in [0.15, 0.2) is 0 Å². The van der Waals surface area contributed by atoms with E-state index in [1.807, 2.05) is 20.8 Å². The van der Waals surface area contributed by atoms with Crippen LogP contribution in [0.15, 0.2) is 35.1 Å². The van der Waals surface area contributed by atoms with E-state index in [0.717, 1.165) is 11.3 Å². The summed E-state index contributed by atoms with van der Waals surface area (Å²) in [6, 6.07) is 7.77. The number of hydrogen-bond acceptors (Lipinski definition) is 1. The minimum Gasteiger partial charge on any atom is -0.299 e. The highest BCUT2D eigenvalue weighted by Crippen LogP contribution is 2.18. The number of halogens is 1. The molecule has 0 bridgehead atoms. The van der Waals surface area contributed by atoms with Crippen LogP contribution in [0.4, 0.5) is 4.39 Å². The lowest BCUT2D eigenvalue weighted by Gasteiger charge is -2.15. The number of aromatic nitrogens is 2. The standard InChI is InChI=1S/C14H17FN2O/c1-14(2,3)12-8-13(18)17(16-12)9-10-4-6-11(15)7-5-10/h4-8,16H,9H2,1-3H3. The smallest absolute Gasteiger partial charge is 0.267 e. The lowest BCUT2D eigenvalue weighted by Crippen LogP contribution is -2.17. The number of benzene rings is 1. The molecule has 0 aliphatic rings. The van der Waals surface area contributed by atoms with Crippen LogP contribution < -0.4 is 5.56 Å². The summed E-state index contributed by atoms with van der Waals surface area (Å²) in [6.45, 7) is 6.55. The maximum absolute atomic E-state index is 12.8. The zero-order chi connectivity index (χ0) is 13.3. The molecule has 1 N–H and O–H groups in total.